The van der Waals surface area contributed by atoms with Crippen LogP contribution in [-0.4, -0.2) is 105 Å². The zero-order chi connectivity index (χ0) is 44.4. The molecule has 10 rings (SSSR count). The molecule has 2 unspecified atom stereocenters. The number of alkyl halides is 2. The predicted octanol–water partition coefficient (Wildman–Crippen LogP) is 8.30. The lowest BCUT2D eigenvalue weighted by Crippen LogP contribution is -2.35. The third-order valence-corrected chi connectivity index (χ3v) is 16.6. The van der Waals surface area contributed by atoms with Gasteiger partial charge in [-0.15, -0.1) is 0 Å². The minimum atomic E-state index is -2.81. The van der Waals surface area contributed by atoms with Crippen LogP contribution in [0.2, 0.25) is 5.02 Å². The Morgan fingerprint density at radius 3 is 1.55 bits per heavy atom. The highest BCUT2D eigenvalue weighted by atomic mass is 35.5. The second kappa shape index (κ2) is 20.0. The van der Waals surface area contributed by atoms with Crippen molar-refractivity contribution >= 4 is 56.7 Å². The van der Waals surface area contributed by atoms with E-state index in [0.717, 1.165) is 167 Å². The van der Waals surface area contributed by atoms with E-state index in [-0.39, 0.29) is 11.6 Å². The zero-order valence-corrected chi connectivity index (χ0v) is 39.1. The number of rotatable bonds is 9. The first kappa shape index (κ1) is 45.3. The van der Waals surface area contributed by atoms with E-state index in [1.807, 2.05) is 18.2 Å². The molecule has 0 saturated carbocycles. The Labute approximate surface area is 385 Å². The predicted molar refractivity (Wildman–Crippen MR) is 250 cm³/mol. The van der Waals surface area contributed by atoms with Crippen molar-refractivity contribution in [3.63, 3.8) is 0 Å². The highest BCUT2D eigenvalue weighted by molar-refractivity contribution is 7.85. The van der Waals surface area contributed by atoms with Crippen molar-refractivity contribution in [1.29, 1.82) is 0 Å². The third-order valence-electron chi connectivity index (χ3n) is 13.5. The average Bonchev–Trinajstić information content (AvgIpc) is 3.88. The molecule has 6 aliphatic heterocycles. The van der Waals surface area contributed by atoms with Crippen LogP contribution in [-0.2, 0) is 49.8 Å². The van der Waals surface area contributed by atoms with Crippen molar-refractivity contribution in [1.82, 2.24) is 19.9 Å². The summed E-state index contributed by atoms with van der Waals surface area (Å²) in [6.45, 7) is 9.43. The number of halogens is 3. The highest BCUT2D eigenvalue weighted by Gasteiger charge is 2.33. The lowest BCUT2D eigenvalue weighted by atomic mass is 9.89. The Morgan fingerprint density at radius 1 is 0.656 bits per heavy atom. The third kappa shape index (κ3) is 10.6. The van der Waals surface area contributed by atoms with Gasteiger partial charge in [0.1, 0.15) is 21.4 Å². The molecule has 17 heteroatoms. The molecule has 6 aliphatic rings. The number of aromatic nitrogens is 4. The summed E-state index contributed by atoms with van der Waals surface area (Å²) in [5.74, 6) is 2.24. The monoisotopic (exact) mass is 936 g/mol. The summed E-state index contributed by atoms with van der Waals surface area (Å²) in [6, 6.07) is 13.7. The maximum Gasteiger partial charge on any atom is 0.270 e. The SMILES string of the molecule is CC(F)(F)c1ccc(C2CCN(c3nc4c(c(NC5CCOCC5)n3)S(=O)CC4)CC2)cc1.Cc1cc(Cl)cc(C2CCN(c3nc4c(c(NC5CCOCC5)n3)S(=O)CC4)CC2)c1. The van der Waals surface area contributed by atoms with E-state index < -0.39 is 27.5 Å². The minimum Gasteiger partial charge on any atom is -0.381 e. The molecule has 4 saturated heterocycles. The molecule has 2 aromatic carbocycles. The van der Waals surface area contributed by atoms with E-state index in [0.29, 0.717) is 41.8 Å². The largest absolute Gasteiger partial charge is 0.381 e. The molecule has 4 aromatic rings. The molecular formula is C47H59ClF2N8O4S2. The van der Waals surface area contributed by atoms with Gasteiger partial charge in [0.2, 0.25) is 11.9 Å². The fourth-order valence-electron chi connectivity index (χ4n) is 9.79. The van der Waals surface area contributed by atoms with Gasteiger partial charge in [-0.25, -0.2) is 18.7 Å². The molecule has 2 N–H and O–H groups in total. The second-order valence-corrected chi connectivity index (χ2v) is 21.5. The fraction of sp³-hybridized carbons (Fsp3) is 0.574. The summed E-state index contributed by atoms with van der Waals surface area (Å²) in [5.41, 5.74) is 5.55. The Balaban J connectivity index is 0.000000162. The van der Waals surface area contributed by atoms with Crippen molar-refractivity contribution < 1.29 is 26.7 Å². The summed E-state index contributed by atoms with van der Waals surface area (Å²) in [5, 5.41) is 7.92. The molecule has 0 bridgehead atoms. The number of benzene rings is 2. The summed E-state index contributed by atoms with van der Waals surface area (Å²) >= 11 is 6.29. The van der Waals surface area contributed by atoms with Crippen molar-refractivity contribution in [2.45, 2.75) is 118 Å². The van der Waals surface area contributed by atoms with Gasteiger partial charge in [0.25, 0.3) is 5.92 Å². The van der Waals surface area contributed by atoms with Crippen molar-refractivity contribution in [2.24, 2.45) is 0 Å². The van der Waals surface area contributed by atoms with Crippen LogP contribution in [0, 0.1) is 6.92 Å². The molecule has 344 valence electrons. The Bertz CT molecular complexity index is 2310. The summed E-state index contributed by atoms with van der Waals surface area (Å²) in [7, 11) is -2.07. The molecule has 8 heterocycles. The molecule has 4 fully saturated rings. The van der Waals surface area contributed by atoms with E-state index in [2.05, 4.69) is 39.5 Å². The van der Waals surface area contributed by atoms with Crippen LogP contribution in [0.15, 0.2) is 52.3 Å². The fourth-order valence-corrected chi connectivity index (χ4v) is 12.7. The van der Waals surface area contributed by atoms with Gasteiger partial charge in [-0.2, -0.15) is 9.97 Å². The minimum absolute atomic E-state index is 0.0529. The zero-order valence-electron chi connectivity index (χ0n) is 36.8. The maximum absolute atomic E-state index is 13.5. The molecule has 2 atom stereocenters. The molecule has 0 aliphatic carbocycles. The van der Waals surface area contributed by atoms with Gasteiger partial charge >= 0.3 is 0 Å². The van der Waals surface area contributed by atoms with Gasteiger partial charge in [0.15, 0.2) is 0 Å². The summed E-state index contributed by atoms with van der Waals surface area (Å²) in [6.07, 6.45) is 9.13. The molecule has 0 radical (unpaired) electrons. The summed E-state index contributed by atoms with van der Waals surface area (Å²) < 4.78 is 63.2. The number of aryl methyl sites for hydroxylation is 3. The number of nitrogens with one attached hydrogen (secondary N) is 2. The number of fused-ring (bicyclic) bond motifs is 2. The number of hydrogen-bond donors (Lipinski definition) is 2. The van der Waals surface area contributed by atoms with Crippen LogP contribution >= 0.6 is 11.6 Å². The first-order chi connectivity index (χ1) is 30.9. The molecule has 12 nitrogen and oxygen atoms in total. The molecular weight excluding hydrogens is 878 g/mol. The van der Waals surface area contributed by atoms with Crippen molar-refractivity contribution in [2.75, 3.05) is 84.5 Å². The number of piperidine rings is 2. The van der Waals surface area contributed by atoms with Crippen LogP contribution in [0.1, 0.15) is 104 Å². The van der Waals surface area contributed by atoms with Gasteiger partial charge in [-0.3, -0.25) is 8.42 Å². The molecule has 2 aromatic heterocycles. The van der Waals surface area contributed by atoms with E-state index >= 15 is 0 Å². The second-order valence-electron chi connectivity index (χ2n) is 18.1. The Hall–Kier alpha value is -3.83. The Morgan fingerprint density at radius 2 is 1.11 bits per heavy atom. The van der Waals surface area contributed by atoms with Gasteiger partial charge in [-0.1, -0.05) is 41.9 Å². The maximum atomic E-state index is 13.5. The normalized spacial score (nSPS) is 22.5. The average molecular weight is 938 g/mol. The van der Waals surface area contributed by atoms with Crippen LogP contribution in [0.3, 0.4) is 0 Å². The number of nitrogens with zero attached hydrogens (tertiary/aromatic N) is 6. The van der Waals surface area contributed by atoms with E-state index in [9.17, 15) is 17.2 Å². The van der Waals surface area contributed by atoms with Crippen molar-refractivity contribution in [3.05, 3.63) is 81.1 Å². The van der Waals surface area contributed by atoms with Gasteiger partial charge < -0.3 is 29.9 Å². The van der Waals surface area contributed by atoms with E-state index in [1.54, 1.807) is 12.1 Å². The Kier molecular flexibility index (Phi) is 14.1. The number of hydrogen-bond acceptors (Lipinski definition) is 12. The van der Waals surface area contributed by atoms with Crippen LogP contribution in [0.25, 0.3) is 0 Å². The first-order valence-corrected chi connectivity index (χ1v) is 26.0. The van der Waals surface area contributed by atoms with Gasteiger partial charge in [0.05, 0.1) is 33.0 Å². The van der Waals surface area contributed by atoms with E-state index in [4.69, 9.17) is 41.0 Å². The van der Waals surface area contributed by atoms with E-state index in [1.165, 1.54) is 11.1 Å². The lowest BCUT2D eigenvalue weighted by Gasteiger charge is -2.33. The smallest absolute Gasteiger partial charge is 0.270 e. The van der Waals surface area contributed by atoms with Crippen LogP contribution in [0.4, 0.5) is 32.3 Å². The first-order valence-electron chi connectivity index (χ1n) is 23.0. The highest BCUT2D eigenvalue weighted by Crippen LogP contribution is 2.37. The number of ether oxygens (including phenoxy) is 2. The van der Waals surface area contributed by atoms with Gasteiger partial charge in [-0.05, 0) is 98.9 Å². The van der Waals surface area contributed by atoms with Crippen LogP contribution in [0.5, 0.6) is 0 Å². The lowest BCUT2D eigenvalue weighted by molar-refractivity contribution is 0.0174. The summed E-state index contributed by atoms with van der Waals surface area (Å²) in [4.78, 5) is 25.4. The van der Waals surface area contributed by atoms with Crippen LogP contribution < -0.4 is 20.4 Å². The molecule has 0 amide bonds. The number of anilines is 4. The van der Waals surface area contributed by atoms with Crippen molar-refractivity contribution in [3.8, 4) is 0 Å². The van der Waals surface area contributed by atoms with Gasteiger partial charge in [0, 0.05) is 107 Å². The molecule has 0 spiro atoms. The topological polar surface area (TPSA) is 135 Å². The quantitative estimate of drug-likeness (QED) is 0.167. The standard InChI is InChI=1S/C24H30F2N4O2S.C23H29ClN4O2S/c1-24(25,26)18-4-2-16(3-5-18)17-6-11-30(12-7-17)23-28-20-10-15-33(31)21(20)22(29-23)27-19-8-13-32-14-9-19;1-15-12-17(14-18(24)13-15)16-2-7-28(8-3-16)23-26-20-6-11-31(29)21(20)22(27-23)25-19-4-9-30-10-5-19/h2-5,17,19H,6-15H2,1H3,(H,27,28,29);12-14,16,19H,2-11H2,1H3,(H,25,26,27). The molecule has 64 heavy (non-hydrogen) atoms.